The summed E-state index contributed by atoms with van der Waals surface area (Å²) in [6.07, 6.45) is 4.35. The molecule has 0 spiro atoms. The summed E-state index contributed by atoms with van der Waals surface area (Å²) < 4.78 is 29.9. The third-order valence-electron chi connectivity index (χ3n) is 5.25. The van der Waals surface area contributed by atoms with E-state index >= 15 is 0 Å². The van der Waals surface area contributed by atoms with Gasteiger partial charge in [0.25, 0.3) is 0 Å². The van der Waals surface area contributed by atoms with Crippen LogP contribution in [0.4, 0.5) is 5.69 Å². The molecule has 0 aliphatic heterocycles. The number of sulfone groups is 1. The average molecular weight is 435 g/mol. The second-order valence-electron chi connectivity index (χ2n) is 7.36. The van der Waals surface area contributed by atoms with Crippen molar-refractivity contribution in [2.24, 2.45) is 0 Å². The molecule has 1 aromatic heterocycles. The van der Waals surface area contributed by atoms with Gasteiger partial charge in [0, 0.05) is 29.8 Å². The van der Waals surface area contributed by atoms with Crippen LogP contribution in [0.3, 0.4) is 0 Å². The van der Waals surface area contributed by atoms with E-state index in [1.807, 2.05) is 36.4 Å². The maximum Gasteiger partial charge on any atom is 0.214 e. The van der Waals surface area contributed by atoms with Crippen molar-refractivity contribution in [2.75, 3.05) is 18.7 Å². The minimum atomic E-state index is -3.41. The van der Waals surface area contributed by atoms with E-state index in [0.717, 1.165) is 5.56 Å². The maximum absolute atomic E-state index is 13.8. The molecule has 0 saturated carbocycles. The molecule has 1 aliphatic rings. The van der Waals surface area contributed by atoms with Crippen LogP contribution in [-0.4, -0.2) is 32.6 Å². The van der Waals surface area contributed by atoms with Crippen LogP contribution < -0.4 is 10.1 Å². The topological polar surface area (TPSA) is 85.4 Å². The molecule has 4 rings (SSSR count). The molecule has 1 aliphatic carbocycles. The van der Waals surface area contributed by atoms with Crippen molar-refractivity contribution in [3.8, 4) is 5.88 Å². The molecular weight excluding hydrogens is 412 g/mol. The number of ketones is 1. The molecule has 2 unspecified atom stereocenters. The highest BCUT2D eigenvalue weighted by atomic mass is 32.2. The summed E-state index contributed by atoms with van der Waals surface area (Å²) in [7, 11) is -1.89. The summed E-state index contributed by atoms with van der Waals surface area (Å²) >= 11 is 0. The number of carbonyl (C=O) groups excluding carboxylic acids is 1. The first-order valence-electron chi connectivity index (χ1n) is 9.74. The lowest BCUT2D eigenvalue weighted by atomic mass is 9.93. The molecule has 1 N–H and O–H groups in total. The summed E-state index contributed by atoms with van der Waals surface area (Å²) in [4.78, 5) is 17.9. The predicted molar refractivity (Wildman–Crippen MR) is 121 cm³/mol. The SMILES string of the molecule is COc1cc(NC(C(=O)C2=CC(S(C)(=O)=O)c3ccccc32)c2ccccc2)ccn1. The smallest absolute Gasteiger partial charge is 0.214 e. The first-order valence-corrected chi connectivity index (χ1v) is 11.7. The lowest BCUT2D eigenvalue weighted by Crippen LogP contribution is -2.22. The average Bonchev–Trinajstić information content (AvgIpc) is 3.18. The maximum atomic E-state index is 13.8. The number of rotatable bonds is 7. The molecule has 0 amide bonds. The summed E-state index contributed by atoms with van der Waals surface area (Å²) in [6, 6.07) is 19.2. The normalized spacial score (nSPS) is 16.2. The fraction of sp³-hybridized carbons (Fsp3) is 0.167. The van der Waals surface area contributed by atoms with Gasteiger partial charge in [0.05, 0.1) is 7.11 Å². The minimum Gasteiger partial charge on any atom is -0.481 e. The molecule has 158 valence electrons. The highest BCUT2D eigenvalue weighted by molar-refractivity contribution is 7.91. The zero-order chi connectivity index (χ0) is 22.0. The molecule has 7 heteroatoms. The Hall–Kier alpha value is -3.45. The molecule has 0 saturated heterocycles. The monoisotopic (exact) mass is 434 g/mol. The number of hydrogen-bond donors (Lipinski definition) is 1. The number of hydrogen-bond acceptors (Lipinski definition) is 6. The zero-order valence-electron chi connectivity index (χ0n) is 17.1. The van der Waals surface area contributed by atoms with E-state index in [-0.39, 0.29) is 5.78 Å². The molecule has 0 bridgehead atoms. The minimum absolute atomic E-state index is 0.208. The van der Waals surface area contributed by atoms with Crippen LogP contribution in [0.2, 0.25) is 0 Å². The van der Waals surface area contributed by atoms with E-state index < -0.39 is 21.1 Å². The number of carbonyl (C=O) groups is 1. The molecule has 0 radical (unpaired) electrons. The Morgan fingerprint density at radius 2 is 1.77 bits per heavy atom. The molecule has 2 atom stereocenters. The number of nitrogens with zero attached hydrogens (tertiary/aromatic N) is 1. The second-order valence-corrected chi connectivity index (χ2v) is 9.52. The van der Waals surface area contributed by atoms with Crippen LogP contribution in [-0.2, 0) is 14.6 Å². The third kappa shape index (κ3) is 4.22. The predicted octanol–water partition coefficient (Wildman–Crippen LogP) is 4.00. The van der Waals surface area contributed by atoms with Gasteiger partial charge in [0.2, 0.25) is 5.88 Å². The molecule has 2 aromatic carbocycles. The Bertz CT molecular complexity index is 1250. The summed E-state index contributed by atoms with van der Waals surface area (Å²) in [5.41, 5.74) is 3.11. The van der Waals surface area contributed by atoms with Gasteiger partial charge in [0.15, 0.2) is 15.6 Å². The lowest BCUT2D eigenvalue weighted by molar-refractivity contribution is -0.114. The van der Waals surface area contributed by atoms with E-state index in [0.29, 0.717) is 28.3 Å². The Balaban J connectivity index is 1.78. The Labute approximate surface area is 181 Å². The Kier molecular flexibility index (Phi) is 5.61. The number of fused-ring (bicyclic) bond motifs is 1. The Morgan fingerprint density at radius 3 is 2.48 bits per heavy atom. The van der Waals surface area contributed by atoms with Gasteiger partial charge in [-0.2, -0.15) is 0 Å². The van der Waals surface area contributed by atoms with Crippen LogP contribution in [0.1, 0.15) is 28.0 Å². The number of methoxy groups -OCH3 is 1. The van der Waals surface area contributed by atoms with Crippen LogP contribution >= 0.6 is 0 Å². The number of anilines is 1. The summed E-state index contributed by atoms with van der Waals surface area (Å²) in [6.45, 7) is 0. The first kappa shape index (κ1) is 20.8. The van der Waals surface area contributed by atoms with Crippen LogP contribution in [0.5, 0.6) is 5.88 Å². The van der Waals surface area contributed by atoms with Gasteiger partial charge in [-0.1, -0.05) is 60.7 Å². The fourth-order valence-corrected chi connectivity index (χ4v) is 4.82. The van der Waals surface area contributed by atoms with Gasteiger partial charge >= 0.3 is 0 Å². The van der Waals surface area contributed by atoms with E-state index in [1.54, 1.807) is 42.6 Å². The quantitative estimate of drug-likeness (QED) is 0.605. The molecular formula is C24H22N2O4S. The van der Waals surface area contributed by atoms with Crippen LogP contribution in [0.15, 0.2) is 79.0 Å². The molecule has 6 nitrogen and oxygen atoms in total. The standard InChI is InChI=1S/C24H22N2O4S/c1-30-22-14-17(12-13-25-22)26-23(16-8-4-3-5-9-16)24(27)20-15-21(31(2,28)29)19-11-7-6-10-18(19)20/h3-15,21,23H,1-2H3,(H,25,26). The Morgan fingerprint density at radius 1 is 1.06 bits per heavy atom. The van der Waals surface area contributed by atoms with Crippen molar-refractivity contribution in [1.29, 1.82) is 0 Å². The fourth-order valence-electron chi connectivity index (χ4n) is 3.77. The molecule has 31 heavy (non-hydrogen) atoms. The van der Waals surface area contributed by atoms with Crippen LogP contribution in [0.25, 0.3) is 5.57 Å². The van der Waals surface area contributed by atoms with Crippen LogP contribution in [0, 0.1) is 0 Å². The highest BCUT2D eigenvalue weighted by Gasteiger charge is 2.35. The largest absolute Gasteiger partial charge is 0.481 e. The van der Waals surface area contributed by atoms with Crippen molar-refractivity contribution < 1.29 is 17.9 Å². The lowest BCUT2D eigenvalue weighted by Gasteiger charge is -2.20. The van der Waals surface area contributed by atoms with E-state index in [1.165, 1.54) is 13.4 Å². The van der Waals surface area contributed by atoms with Crippen molar-refractivity contribution in [2.45, 2.75) is 11.3 Å². The van der Waals surface area contributed by atoms with E-state index in [4.69, 9.17) is 4.74 Å². The number of Topliss-reactive ketones (excluding diaryl/α,β-unsaturated/α-hetero) is 1. The third-order valence-corrected chi connectivity index (χ3v) is 6.56. The zero-order valence-corrected chi connectivity index (χ0v) is 18.0. The van der Waals surface area contributed by atoms with Crippen molar-refractivity contribution in [3.05, 3.63) is 95.7 Å². The van der Waals surface area contributed by atoms with Gasteiger partial charge in [-0.25, -0.2) is 13.4 Å². The van der Waals surface area contributed by atoms with Crippen molar-refractivity contribution in [1.82, 2.24) is 4.98 Å². The second kappa shape index (κ2) is 8.35. The number of benzene rings is 2. The van der Waals surface area contributed by atoms with Crippen molar-refractivity contribution in [3.63, 3.8) is 0 Å². The first-order chi connectivity index (χ1) is 14.9. The number of aromatic nitrogens is 1. The molecule has 1 heterocycles. The van der Waals surface area contributed by atoms with Gasteiger partial charge in [0.1, 0.15) is 11.3 Å². The van der Waals surface area contributed by atoms with Crippen molar-refractivity contribution >= 4 is 26.9 Å². The van der Waals surface area contributed by atoms with Gasteiger partial charge in [-0.15, -0.1) is 0 Å². The van der Waals surface area contributed by atoms with Gasteiger partial charge < -0.3 is 10.1 Å². The molecule has 0 fully saturated rings. The van der Waals surface area contributed by atoms with E-state index in [2.05, 4.69) is 10.3 Å². The van der Waals surface area contributed by atoms with Gasteiger partial charge in [-0.3, -0.25) is 4.79 Å². The molecule has 3 aromatic rings. The number of ether oxygens (including phenoxy) is 1. The summed E-state index contributed by atoms with van der Waals surface area (Å²) in [5.74, 6) is 0.215. The van der Waals surface area contributed by atoms with Gasteiger partial charge in [-0.05, 0) is 22.8 Å². The van der Waals surface area contributed by atoms with E-state index in [9.17, 15) is 13.2 Å². The highest BCUT2D eigenvalue weighted by Crippen LogP contribution is 2.41. The number of pyridine rings is 1. The summed E-state index contributed by atoms with van der Waals surface area (Å²) in [5, 5.41) is 2.44. The number of nitrogens with one attached hydrogen (secondary N) is 1.